The van der Waals surface area contributed by atoms with Crippen LogP contribution in [-0.2, 0) is 14.6 Å². The van der Waals surface area contributed by atoms with Gasteiger partial charge in [-0.05, 0) is 37.5 Å². The Morgan fingerprint density at radius 3 is 2.67 bits per heavy atom. The molecule has 0 unspecified atom stereocenters. The van der Waals surface area contributed by atoms with Crippen LogP contribution < -0.4 is 11.1 Å². The van der Waals surface area contributed by atoms with Crippen molar-refractivity contribution < 1.29 is 13.2 Å². The summed E-state index contributed by atoms with van der Waals surface area (Å²) < 4.78 is 24.2. The average Bonchev–Trinajstić information content (AvgIpc) is 2.96. The van der Waals surface area contributed by atoms with E-state index in [4.69, 9.17) is 5.73 Å². The minimum Gasteiger partial charge on any atom is -0.399 e. The summed E-state index contributed by atoms with van der Waals surface area (Å²) in [4.78, 5) is 11.9. The summed E-state index contributed by atoms with van der Waals surface area (Å²) in [5.74, 6) is -0.365. The monoisotopic (exact) mass is 310 g/mol. The molecule has 1 fully saturated rings. The van der Waals surface area contributed by atoms with Crippen LogP contribution in [0.5, 0.6) is 0 Å². The third-order valence-electron chi connectivity index (χ3n) is 3.96. The van der Waals surface area contributed by atoms with E-state index in [1.165, 1.54) is 0 Å². The maximum Gasteiger partial charge on any atom is 0.225 e. The zero-order valence-corrected chi connectivity index (χ0v) is 13.1. The van der Waals surface area contributed by atoms with Crippen molar-refractivity contribution in [2.75, 3.05) is 16.8 Å². The molecule has 2 rings (SSSR count). The highest BCUT2D eigenvalue weighted by atomic mass is 32.2. The van der Waals surface area contributed by atoms with Crippen molar-refractivity contribution in [1.82, 2.24) is 0 Å². The predicted molar refractivity (Wildman–Crippen MR) is 84.9 cm³/mol. The second-order valence-electron chi connectivity index (χ2n) is 5.65. The van der Waals surface area contributed by atoms with Gasteiger partial charge >= 0.3 is 0 Å². The standard InChI is InChI=1S/C15H22N2O3S/c1-11-6-7-12(16)10-14(11)17-15(18)8-9-21(19,20)13-4-2-3-5-13/h6-7,10,13H,2-5,8-9,16H2,1H3,(H,17,18). The molecule has 0 bridgehead atoms. The second kappa shape index (κ2) is 6.47. The summed E-state index contributed by atoms with van der Waals surface area (Å²) in [5, 5.41) is 2.48. The molecule has 0 aromatic heterocycles. The maximum atomic E-state index is 12.1. The Kier molecular flexibility index (Phi) is 4.88. The molecule has 3 N–H and O–H groups in total. The van der Waals surface area contributed by atoms with Gasteiger partial charge in [0.1, 0.15) is 0 Å². The van der Waals surface area contributed by atoms with Gasteiger partial charge in [-0.25, -0.2) is 8.42 Å². The Hall–Kier alpha value is -1.56. The molecule has 1 aromatic carbocycles. The highest BCUT2D eigenvalue weighted by Crippen LogP contribution is 2.25. The number of benzene rings is 1. The lowest BCUT2D eigenvalue weighted by atomic mass is 10.2. The quantitative estimate of drug-likeness (QED) is 0.816. The van der Waals surface area contributed by atoms with Gasteiger partial charge in [0.25, 0.3) is 0 Å². The van der Waals surface area contributed by atoms with Gasteiger partial charge in [0.05, 0.1) is 11.0 Å². The molecule has 1 aliphatic rings. The van der Waals surface area contributed by atoms with E-state index in [0.29, 0.717) is 11.4 Å². The third kappa shape index (κ3) is 4.20. The lowest BCUT2D eigenvalue weighted by Gasteiger charge is -2.12. The molecule has 116 valence electrons. The van der Waals surface area contributed by atoms with Crippen molar-refractivity contribution in [3.05, 3.63) is 23.8 Å². The third-order valence-corrected chi connectivity index (χ3v) is 6.22. The van der Waals surface area contributed by atoms with Gasteiger partial charge in [-0.15, -0.1) is 0 Å². The van der Waals surface area contributed by atoms with Crippen LogP contribution in [0.25, 0.3) is 0 Å². The summed E-state index contributed by atoms with van der Waals surface area (Å²) in [6.07, 6.45) is 3.40. The summed E-state index contributed by atoms with van der Waals surface area (Å²) in [6.45, 7) is 1.87. The van der Waals surface area contributed by atoms with E-state index in [-0.39, 0.29) is 23.3 Å². The molecule has 0 spiro atoms. The van der Waals surface area contributed by atoms with Crippen LogP contribution in [0.15, 0.2) is 18.2 Å². The first-order valence-electron chi connectivity index (χ1n) is 7.26. The van der Waals surface area contributed by atoms with Crippen LogP contribution in [0.4, 0.5) is 11.4 Å². The van der Waals surface area contributed by atoms with Gasteiger partial charge in [-0.2, -0.15) is 0 Å². The molecule has 0 heterocycles. The number of nitrogen functional groups attached to an aromatic ring is 1. The Balaban J connectivity index is 1.91. The first kappa shape index (κ1) is 15.8. The minimum absolute atomic E-state index is 0.00687. The van der Waals surface area contributed by atoms with Gasteiger partial charge in [0.2, 0.25) is 5.91 Å². The molecule has 0 atom stereocenters. The molecule has 0 radical (unpaired) electrons. The van der Waals surface area contributed by atoms with E-state index in [2.05, 4.69) is 5.32 Å². The first-order chi connectivity index (χ1) is 9.88. The molecule has 1 amide bonds. The van der Waals surface area contributed by atoms with Crippen molar-refractivity contribution >= 4 is 27.1 Å². The summed E-state index contributed by atoms with van der Waals surface area (Å²) >= 11 is 0. The molecular formula is C15H22N2O3S. The molecular weight excluding hydrogens is 288 g/mol. The number of nitrogens with two attached hydrogens (primary N) is 1. The summed E-state index contributed by atoms with van der Waals surface area (Å²) in [5.41, 5.74) is 7.78. The van der Waals surface area contributed by atoms with Gasteiger partial charge in [-0.1, -0.05) is 18.9 Å². The van der Waals surface area contributed by atoms with Crippen LogP contribution in [-0.4, -0.2) is 25.3 Å². The Labute approximate surface area is 125 Å². The largest absolute Gasteiger partial charge is 0.399 e. The normalized spacial score (nSPS) is 16.0. The molecule has 5 nitrogen and oxygen atoms in total. The number of carbonyl (C=O) groups is 1. The summed E-state index contributed by atoms with van der Waals surface area (Å²) in [7, 11) is -3.15. The highest BCUT2D eigenvalue weighted by Gasteiger charge is 2.28. The molecule has 0 saturated heterocycles. The van der Waals surface area contributed by atoms with Gasteiger partial charge < -0.3 is 11.1 Å². The molecule has 0 aliphatic heterocycles. The molecule has 1 saturated carbocycles. The molecule has 1 aromatic rings. The molecule has 6 heteroatoms. The zero-order chi connectivity index (χ0) is 15.5. The number of nitrogens with one attached hydrogen (secondary N) is 1. The lowest BCUT2D eigenvalue weighted by molar-refractivity contribution is -0.115. The van der Waals surface area contributed by atoms with E-state index in [1.54, 1.807) is 12.1 Å². The number of carbonyl (C=O) groups excluding carboxylic acids is 1. The average molecular weight is 310 g/mol. The van der Waals surface area contributed by atoms with E-state index in [9.17, 15) is 13.2 Å². The summed E-state index contributed by atoms with van der Waals surface area (Å²) in [6, 6.07) is 5.26. The minimum atomic E-state index is -3.15. The number of anilines is 2. The number of aryl methyl sites for hydroxylation is 1. The van der Waals surface area contributed by atoms with Crippen molar-refractivity contribution in [2.45, 2.75) is 44.3 Å². The van der Waals surface area contributed by atoms with Crippen molar-refractivity contribution in [3.63, 3.8) is 0 Å². The smallest absolute Gasteiger partial charge is 0.225 e. The highest BCUT2D eigenvalue weighted by molar-refractivity contribution is 7.92. The molecule has 21 heavy (non-hydrogen) atoms. The van der Waals surface area contributed by atoms with Crippen LogP contribution >= 0.6 is 0 Å². The molecule has 1 aliphatic carbocycles. The number of hydrogen-bond acceptors (Lipinski definition) is 4. The van der Waals surface area contributed by atoms with E-state index < -0.39 is 9.84 Å². The lowest BCUT2D eigenvalue weighted by Crippen LogP contribution is -2.24. The zero-order valence-electron chi connectivity index (χ0n) is 12.3. The van der Waals surface area contributed by atoms with E-state index in [1.807, 2.05) is 13.0 Å². The van der Waals surface area contributed by atoms with Crippen LogP contribution in [0.1, 0.15) is 37.7 Å². The second-order valence-corrected chi connectivity index (χ2v) is 8.05. The van der Waals surface area contributed by atoms with Crippen LogP contribution in [0.3, 0.4) is 0 Å². The van der Waals surface area contributed by atoms with E-state index in [0.717, 1.165) is 31.2 Å². The number of rotatable bonds is 5. The van der Waals surface area contributed by atoms with Crippen molar-refractivity contribution in [1.29, 1.82) is 0 Å². The predicted octanol–water partition coefficient (Wildman–Crippen LogP) is 2.26. The van der Waals surface area contributed by atoms with Gasteiger partial charge in [-0.3, -0.25) is 4.79 Å². The number of sulfone groups is 1. The Morgan fingerprint density at radius 2 is 2.00 bits per heavy atom. The van der Waals surface area contributed by atoms with Crippen LogP contribution in [0.2, 0.25) is 0 Å². The number of amides is 1. The fraction of sp³-hybridized carbons (Fsp3) is 0.533. The van der Waals surface area contributed by atoms with Gasteiger partial charge in [0, 0.05) is 17.8 Å². The fourth-order valence-electron chi connectivity index (χ4n) is 2.64. The SMILES string of the molecule is Cc1ccc(N)cc1NC(=O)CCS(=O)(=O)C1CCCC1. The number of hydrogen-bond donors (Lipinski definition) is 2. The van der Waals surface area contributed by atoms with Gasteiger partial charge in [0.15, 0.2) is 9.84 Å². The van der Waals surface area contributed by atoms with Crippen LogP contribution in [0, 0.1) is 6.92 Å². The van der Waals surface area contributed by atoms with Crippen molar-refractivity contribution in [3.8, 4) is 0 Å². The van der Waals surface area contributed by atoms with Crippen molar-refractivity contribution in [2.24, 2.45) is 0 Å². The van der Waals surface area contributed by atoms with E-state index >= 15 is 0 Å². The Bertz CT molecular complexity index is 620. The Morgan fingerprint density at radius 1 is 1.33 bits per heavy atom. The topological polar surface area (TPSA) is 89.3 Å². The first-order valence-corrected chi connectivity index (χ1v) is 8.97. The maximum absolute atomic E-state index is 12.1. The fourth-order valence-corrected chi connectivity index (χ4v) is 4.49.